The van der Waals surface area contributed by atoms with Crippen LogP contribution in [0.5, 0.6) is 0 Å². The smallest absolute Gasteiger partial charge is 0.121 e. The van der Waals surface area contributed by atoms with E-state index in [4.69, 9.17) is 4.74 Å². The average Bonchev–Trinajstić information content (AvgIpc) is 2.88. The van der Waals surface area contributed by atoms with Gasteiger partial charge in [0.25, 0.3) is 0 Å². The summed E-state index contributed by atoms with van der Waals surface area (Å²) in [4.78, 5) is 2.40. The summed E-state index contributed by atoms with van der Waals surface area (Å²) in [6, 6.07) is 8.64. The van der Waals surface area contributed by atoms with Crippen molar-refractivity contribution in [3.8, 4) is 6.07 Å². The number of benzene rings is 1. The van der Waals surface area contributed by atoms with Gasteiger partial charge in [0, 0.05) is 37.1 Å². The maximum absolute atomic E-state index is 9.41. The number of nitrogens with zero attached hydrogens (tertiary/aromatic N) is 3. The van der Waals surface area contributed by atoms with Gasteiger partial charge in [0.2, 0.25) is 0 Å². The molecule has 1 aliphatic heterocycles. The number of nitriles is 1. The Kier molecular flexibility index (Phi) is 3.96. The molecule has 2 heterocycles. The fourth-order valence-electron chi connectivity index (χ4n) is 2.98. The van der Waals surface area contributed by atoms with Gasteiger partial charge in [-0.1, -0.05) is 6.07 Å². The Labute approximate surface area is 125 Å². The lowest BCUT2D eigenvalue weighted by molar-refractivity contribution is 0.0365. The van der Waals surface area contributed by atoms with Crippen LogP contribution in [0.1, 0.15) is 16.8 Å². The molecule has 0 saturated carbocycles. The van der Waals surface area contributed by atoms with Crippen LogP contribution in [0.15, 0.2) is 18.2 Å². The summed E-state index contributed by atoms with van der Waals surface area (Å²) in [6.45, 7) is 9.67. The van der Waals surface area contributed by atoms with Crippen LogP contribution < -0.4 is 0 Å². The van der Waals surface area contributed by atoms with Gasteiger partial charge in [-0.15, -0.1) is 0 Å². The number of rotatable bonds is 3. The van der Waals surface area contributed by atoms with Gasteiger partial charge in [0.1, 0.15) is 11.8 Å². The second-order valence-electron chi connectivity index (χ2n) is 5.69. The van der Waals surface area contributed by atoms with Crippen LogP contribution in [-0.4, -0.2) is 42.3 Å². The van der Waals surface area contributed by atoms with E-state index < -0.39 is 0 Å². The number of morpholine rings is 1. The van der Waals surface area contributed by atoms with E-state index in [-0.39, 0.29) is 0 Å². The Morgan fingerprint density at radius 3 is 2.67 bits per heavy atom. The molecule has 1 fully saturated rings. The van der Waals surface area contributed by atoms with Crippen molar-refractivity contribution in [3.05, 3.63) is 35.0 Å². The van der Waals surface area contributed by atoms with E-state index in [9.17, 15) is 5.26 Å². The summed E-state index contributed by atoms with van der Waals surface area (Å²) in [5.41, 5.74) is 4.47. The quantitative estimate of drug-likeness (QED) is 0.869. The molecule has 0 atom stereocenters. The summed E-state index contributed by atoms with van der Waals surface area (Å²) >= 11 is 0. The zero-order valence-electron chi connectivity index (χ0n) is 12.7. The fourth-order valence-corrected chi connectivity index (χ4v) is 2.98. The van der Waals surface area contributed by atoms with Gasteiger partial charge in [0.05, 0.1) is 13.2 Å². The highest BCUT2D eigenvalue weighted by atomic mass is 16.5. The molecular formula is C17H21N3O. The van der Waals surface area contributed by atoms with E-state index >= 15 is 0 Å². The van der Waals surface area contributed by atoms with Crippen molar-refractivity contribution < 1.29 is 4.74 Å². The Balaban J connectivity index is 1.90. The van der Waals surface area contributed by atoms with Crippen LogP contribution >= 0.6 is 0 Å². The van der Waals surface area contributed by atoms with Crippen molar-refractivity contribution in [2.75, 3.05) is 32.8 Å². The summed E-state index contributed by atoms with van der Waals surface area (Å²) in [7, 11) is 0. The molecule has 1 aromatic heterocycles. The van der Waals surface area contributed by atoms with Crippen molar-refractivity contribution in [2.24, 2.45) is 0 Å². The molecule has 0 aliphatic carbocycles. The molecule has 2 aromatic rings. The molecule has 4 heteroatoms. The van der Waals surface area contributed by atoms with Crippen LogP contribution in [-0.2, 0) is 11.3 Å². The minimum atomic E-state index is 0.756. The molecule has 21 heavy (non-hydrogen) atoms. The van der Waals surface area contributed by atoms with Gasteiger partial charge in [-0.3, -0.25) is 4.90 Å². The molecule has 0 radical (unpaired) electrons. The lowest BCUT2D eigenvalue weighted by Crippen LogP contribution is -2.38. The summed E-state index contributed by atoms with van der Waals surface area (Å²) in [5, 5.41) is 10.6. The number of aryl methyl sites for hydroxylation is 2. The highest BCUT2D eigenvalue weighted by Crippen LogP contribution is 2.25. The van der Waals surface area contributed by atoms with Crippen molar-refractivity contribution in [2.45, 2.75) is 20.4 Å². The fraction of sp³-hybridized carbons (Fsp3) is 0.471. The third-order valence-electron chi connectivity index (χ3n) is 4.48. The molecule has 3 rings (SSSR count). The van der Waals surface area contributed by atoms with Gasteiger partial charge < -0.3 is 9.30 Å². The second-order valence-corrected chi connectivity index (χ2v) is 5.69. The van der Waals surface area contributed by atoms with E-state index in [2.05, 4.69) is 41.5 Å². The van der Waals surface area contributed by atoms with E-state index in [0.29, 0.717) is 0 Å². The van der Waals surface area contributed by atoms with Gasteiger partial charge in [-0.2, -0.15) is 5.26 Å². The molecule has 0 bridgehead atoms. The monoisotopic (exact) mass is 283 g/mol. The second kappa shape index (κ2) is 5.88. The Hall–Kier alpha value is -1.83. The average molecular weight is 283 g/mol. The minimum absolute atomic E-state index is 0.756. The van der Waals surface area contributed by atoms with Gasteiger partial charge in [0.15, 0.2) is 0 Å². The van der Waals surface area contributed by atoms with Crippen LogP contribution in [0.4, 0.5) is 0 Å². The maximum Gasteiger partial charge on any atom is 0.121 e. The topological polar surface area (TPSA) is 41.2 Å². The van der Waals surface area contributed by atoms with Gasteiger partial charge in [-0.05, 0) is 37.1 Å². The molecule has 1 aromatic carbocycles. The van der Waals surface area contributed by atoms with Crippen LogP contribution in [0.3, 0.4) is 0 Å². The van der Waals surface area contributed by atoms with Crippen molar-refractivity contribution in [1.82, 2.24) is 9.47 Å². The molecule has 4 nitrogen and oxygen atoms in total. The van der Waals surface area contributed by atoms with E-state index in [1.54, 1.807) is 0 Å². The standard InChI is InChI=1S/C17H21N3O/c1-13-3-4-17-16(14(13)2)11-15(12-18)20(17)6-5-19-7-9-21-10-8-19/h3-4,11H,5-10H2,1-2H3. The number of ether oxygens (including phenoxy) is 1. The SMILES string of the molecule is Cc1ccc2c(cc(C#N)n2CCN2CCOCC2)c1C. The molecule has 1 saturated heterocycles. The lowest BCUT2D eigenvalue weighted by atomic mass is 10.1. The third kappa shape index (κ3) is 2.67. The van der Waals surface area contributed by atoms with Crippen molar-refractivity contribution in [1.29, 1.82) is 5.26 Å². The minimum Gasteiger partial charge on any atom is -0.379 e. The first-order valence-corrected chi connectivity index (χ1v) is 7.50. The molecule has 0 N–H and O–H groups in total. The summed E-state index contributed by atoms with van der Waals surface area (Å²) in [6.07, 6.45) is 0. The van der Waals surface area contributed by atoms with Crippen LogP contribution in [0.2, 0.25) is 0 Å². The normalized spacial score (nSPS) is 16.2. The first-order chi connectivity index (χ1) is 10.2. The summed E-state index contributed by atoms with van der Waals surface area (Å²) < 4.78 is 7.53. The van der Waals surface area contributed by atoms with Gasteiger partial charge >= 0.3 is 0 Å². The molecule has 0 amide bonds. The third-order valence-corrected chi connectivity index (χ3v) is 4.48. The molecule has 1 aliphatic rings. The summed E-state index contributed by atoms with van der Waals surface area (Å²) in [5.74, 6) is 0. The molecule has 0 unspecified atom stereocenters. The van der Waals surface area contributed by atoms with Crippen molar-refractivity contribution in [3.63, 3.8) is 0 Å². The van der Waals surface area contributed by atoms with E-state index in [1.165, 1.54) is 22.0 Å². The van der Waals surface area contributed by atoms with E-state index in [0.717, 1.165) is 45.1 Å². The maximum atomic E-state index is 9.41. The van der Waals surface area contributed by atoms with E-state index in [1.807, 2.05) is 6.07 Å². The van der Waals surface area contributed by atoms with Crippen LogP contribution in [0, 0.1) is 25.2 Å². The highest BCUT2D eigenvalue weighted by molar-refractivity contribution is 5.86. The van der Waals surface area contributed by atoms with Crippen LogP contribution in [0.25, 0.3) is 10.9 Å². The Bertz CT molecular complexity index is 690. The molecule has 110 valence electrons. The number of aromatic nitrogens is 1. The molecule has 0 spiro atoms. The highest BCUT2D eigenvalue weighted by Gasteiger charge is 2.14. The number of fused-ring (bicyclic) bond motifs is 1. The Morgan fingerprint density at radius 2 is 1.95 bits per heavy atom. The first-order valence-electron chi connectivity index (χ1n) is 7.50. The Morgan fingerprint density at radius 1 is 1.19 bits per heavy atom. The first kappa shape index (κ1) is 14.1. The largest absolute Gasteiger partial charge is 0.379 e. The lowest BCUT2D eigenvalue weighted by Gasteiger charge is -2.26. The van der Waals surface area contributed by atoms with Crippen molar-refractivity contribution >= 4 is 10.9 Å². The molecular weight excluding hydrogens is 262 g/mol. The predicted molar refractivity (Wildman–Crippen MR) is 83.4 cm³/mol. The number of hydrogen-bond acceptors (Lipinski definition) is 3. The zero-order chi connectivity index (χ0) is 14.8. The number of hydrogen-bond donors (Lipinski definition) is 0. The predicted octanol–water partition coefficient (Wildman–Crippen LogP) is 2.46. The van der Waals surface area contributed by atoms with Gasteiger partial charge in [-0.25, -0.2) is 0 Å². The zero-order valence-corrected chi connectivity index (χ0v) is 12.7.